The molecular weight excluding hydrogens is 254 g/mol. The standard InChI is InChI=1S/C15H19N3S/c1-12-10-17-18(11-12)8-7-16-14-6-9-19-15-5-3-2-4-13(14)15/h2-5,10-11,14,16H,6-9H2,1H3. The number of thioether (sulfide) groups is 1. The summed E-state index contributed by atoms with van der Waals surface area (Å²) >= 11 is 1.97. The van der Waals surface area contributed by atoms with Crippen LogP contribution in [0.2, 0.25) is 0 Å². The Hall–Kier alpha value is -1.26. The molecule has 2 heterocycles. The van der Waals surface area contributed by atoms with Crippen molar-refractivity contribution in [3.8, 4) is 0 Å². The van der Waals surface area contributed by atoms with Gasteiger partial charge in [-0.1, -0.05) is 18.2 Å². The van der Waals surface area contributed by atoms with Gasteiger partial charge in [-0.2, -0.15) is 5.10 Å². The Morgan fingerprint density at radius 1 is 1.42 bits per heavy atom. The first-order chi connectivity index (χ1) is 9.33. The van der Waals surface area contributed by atoms with Gasteiger partial charge in [0, 0.05) is 23.7 Å². The predicted octanol–water partition coefficient (Wildman–Crippen LogP) is 3.02. The van der Waals surface area contributed by atoms with Crippen LogP contribution in [-0.2, 0) is 6.54 Å². The highest BCUT2D eigenvalue weighted by Gasteiger charge is 2.19. The molecule has 1 aliphatic rings. The molecule has 2 aromatic rings. The summed E-state index contributed by atoms with van der Waals surface area (Å²) in [5.74, 6) is 1.20. The van der Waals surface area contributed by atoms with Gasteiger partial charge in [-0.3, -0.25) is 4.68 Å². The van der Waals surface area contributed by atoms with Crippen molar-refractivity contribution in [3.05, 3.63) is 47.8 Å². The van der Waals surface area contributed by atoms with E-state index < -0.39 is 0 Å². The Bertz CT molecular complexity index is 550. The molecule has 1 aromatic heterocycles. The zero-order valence-corrected chi connectivity index (χ0v) is 12.0. The van der Waals surface area contributed by atoms with Gasteiger partial charge in [-0.25, -0.2) is 0 Å². The lowest BCUT2D eigenvalue weighted by molar-refractivity contribution is 0.471. The number of hydrogen-bond donors (Lipinski definition) is 1. The Morgan fingerprint density at radius 3 is 3.16 bits per heavy atom. The molecule has 0 bridgehead atoms. The third-order valence-electron chi connectivity index (χ3n) is 3.45. The Labute approximate surface area is 118 Å². The normalized spacial score (nSPS) is 18.3. The van der Waals surface area contributed by atoms with E-state index in [1.165, 1.54) is 28.2 Å². The quantitative estimate of drug-likeness (QED) is 0.928. The Morgan fingerprint density at radius 2 is 2.32 bits per heavy atom. The van der Waals surface area contributed by atoms with Gasteiger partial charge in [-0.15, -0.1) is 11.8 Å². The van der Waals surface area contributed by atoms with Crippen LogP contribution in [0.4, 0.5) is 0 Å². The maximum Gasteiger partial charge on any atom is 0.0534 e. The molecule has 0 spiro atoms. The Balaban J connectivity index is 1.59. The monoisotopic (exact) mass is 273 g/mol. The number of hydrogen-bond acceptors (Lipinski definition) is 3. The molecule has 3 rings (SSSR count). The van der Waals surface area contributed by atoms with Crippen LogP contribution in [0.3, 0.4) is 0 Å². The smallest absolute Gasteiger partial charge is 0.0534 e. The van der Waals surface area contributed by atoms with Crippen molar-refractivity contribution in [1.82, 2.24) is 15.1 Å². The summed E-state index contributed by atoms with van der Waals surface area (Å²) < 4.78 is 2.01. The van der Waals surface area contributed by atoms with Gasteiger partial charge in [0.25, 0.3) is 0 Å². The third-order valence-corrected chi connectivity index (χ3v) is 4.58. The minimum absolute atomic E-state index is 0.495. The van der Waals surface area contributed by atoms with Gasteiger partial charge in [-0.05, 0) is 36.3 Å². The van der Waals surface area contributed by atoms with Gasteiger partial charge >= 0.3 is 0 Å². The van der Waals surface area contributed by atoms with Crippen LogP contribution in [0.25, 0.3) is 0 Å². The summed E-state index contributed by atoms with van der Waals surface area (Å²) in [6.07, 6.45) is 5.21. The fourth-order valence-corrected chi connectivity index (χ4v) is 3.62. The summed E-state index contributed by atoms with van der Waals surface area (Å²) in [4.78, 5) is 1.43. The zero-order valence-electron chi connectivity index (χ0n) is 11.2. The first kappa shape index (κ1) is 12.8. The number of nitrogens with one attached hydrogen (secondary N) is 1. The zero-order chi connectivity index (χ0) is 13.1. The van der Waals surface area contributed by atoms with Crippen LogP contribution in [0, 0.1) is 6.92 Å². The van der Waals surface area contributed by atoms with E-state index in [4.69, 9.17) is 0 Å². The molecule has 19 heavy (non-hydrogen) atoms. The van der Waals surface area contributed by atoms with Crippen molar-refractivity contribution < 1.29 is 0 Å². The van der Waals surface area contributed by atoms with Gasteiger partial charge in [0.15, 0.2) is 0 Å². The van der Waals surface area contributed by atoms with Crippen LogP contribution in [-0.4, -0.2) is 22.1 Å². The summed E-state index contributed by atoms with van der Waals surface area (Å²) in [6, 6.07) is 9.23. The topological polar surface area (TPSA) is 29.9 Å². The molecule has 0 radical (unpaired) electrons. The van der Waals surface area contributed by atoms with Gasteiger partial charge < -0.3 is 5.32 Å². The molecule has 0 fully saturated rings. The lowest BCUT2D eigenvalue weighted by Gasteiger charge is -2.26. The molecule has 4 heteroatoms. The SMILES string of the molecule is Cc1cnn(CCNC2CCSc3ccccc32)c1. The summed E-state index contributed by atoms with van der Waals surface area (Å²) in [5.41, 5.74) is 2.68. The van der Waals surface area contributed by atoms with E-state index in [1.54, 1.807) is 0 Å². The highest BCUT2D eigenvalue weighted by molar-refractivity contribution is 7.99. The molecule has 1 unspecified atom stereocenters. The van der Waals surface area contributed by atoms with Crippen LogP contribution in [0.5, 0.6) is 0 Å². The fourth-order valence-electron chi connectivity index (χ4n) is 2.50. The second kappa shape index (κ2) is 5.80. The molecule has 1 aliphatic heterocycles. The second-order valence-electron chi connectivity index (χ2n) is 4.96. The minimum Gasteiger partial charge on any atom is -0.308 e. The van der Waals surface area contributed by atoms with Gasteiger partial charge in [0.05, 0.1) is 12.7 Å². The highest BCUT2D eigenvalue weighted by atomic mass is 32.2. The maximum atomic E-state index is 4.32. The van der Waals surface area contributed by atoms with Crippen molar-refractivity contribution >= 4 is 11.8 Å². The molecule has 0 saturated heterocycles. The molecule has 0 aliphatic carbocycles. The number of aromatic nitrogens is 2. The van der Waals surface area contributed by atoms with Crippen LogP contribution in [0.1, 0.15) is 23.6 Å². The largest absolute Gasteiger partial charge is 0.308 e. The van der Waals surface area contributed by atoms with E-state index in [-0.39, 0.29) is 0 Å². The van der Waals surface area contributed by atoms with E-state index in [0.29, 0.717) is 6.04 Å². The van der Waals surface area contributed by atoms with Gasteiger partial charge in [0.2, 0.25) is 0 Å². The summed E-state index contributed by atoms with van der Waals surface area (Å²) in [5, 5.41) is 7.98. The molecular formula is C15H19N3S. The number of fused-ring (bicyclic) bond motifs is 1. The molecule has 1 N–H and O–H groups in total. The first-order valence-electron chi connectivity index (χ1n) is 6.77. The highest BCUT2D eigenvalue weighted by Crippen LogP contribution is 2.35. The van der Waals surface area contributed by atoms with E-state index in [2.05, 4.69) is 47.8 Å². The lowest BCUT2D eigenvalue weighted by Crippen LogP contribution is -2.27. The van der Waals surface area contributed by atoms with Crippen molar-refractivity contribution in [2.24, 2.45) is 0 Å². The maximum absolute atomic E-state index is 4.32. The average Bonchev–Trinajstić information content (AvgIpc) is 2.85. The summed E-state index contributed by atoms with van der Waals surface area (Å²) in [6.45, 7) is 3.97. The molecule has 100 valence electrons. The molecule has 3 nitrogen and oxygen atoms in total. The predicted molar refractivity (Wildman–Crippen MR) is 79.5 cm³/mol. The number of aryl methyl sites for hydroxylation is 1. The fraction of sp³-hybridized carbons (Fsp3) is 0.400. The van der Waals surface area contributed by atoms with E-state index in [0.717, 1.165) is 13.1 Å². The average molecular weight is 273 g/mol. The van der Waals surface area contributed by atoms with Crippen molar-refractivity contribution in [2.45, 2.75) is 30.8 Å². The Kier molecular flexibility index (Phi) is 3.89. The number of benzene rings is 1. The minimum atomic E-state index is 0.495. The van der Waals surface area contributed by atoms with Crippen molar-refractivity contribution in [2.75, 3.05) is 12.3 Å². The van der Waals surface area contributed by atoms with Crippen molar-refractivity contribution in [3.63, 3.8) is 0 Å². The van der Waals surface area contributed by atoms with Gasteiger partial charge in [0.1, 0.15) is 0 Å². The molecule has 0 saturated carbocycles. The van der Waals surface area contributed by atoms with Crippen LogP contribution >= 0.6 is 11.8 Å². The lowest BCUT2D eigenvalue weighted by atomic mass is 10.0. The van der Waals surface area contributed by atoms with Crippen molar-refractivity contribution in [1.29, 1.82) is 0 Å². The van der Waals surface area contributed by atoms with E-state index in [9.17, 15) is 0 Å². The first-order valence-corrected chi connectivity index (χ1v) is 7.75. The number of rotatable bonds is 4. The molecule has 1 atom stereocenters. The van der Waals surface area contributed by atoms with E-state index >= 15 is 0 Å². The van der Waals surface area contributed by atoms with E-state index in [1.807, 2.05) is 22.6 Å². The van der Waals surface area contributed by atoms with Crippen LogP contribution < -0.4 is 5.32 Å². The second-order valence-corrected chi connectivity index (χ2v) is 6.10. The van der Waals surface area contributed by atoms with Crippen LogP contribution in [0.15, 0.2) is 41.6 Å². The molecule has 1 aromatic carbocycles. The third kappa shape index (κ3) is 3.01. The summed E-state index contributed by atoms with van der Waals surface area (Å²) in [7, 11) is 0. The molecule has 0 amide bonds. The number of nitrogens with zero attached hydrogens (tertiary/aromatic N) is 2.